The first-order chi connectivity index (χ1) is 8.33. The van der Waals surface area contributed by atoms with Crippen LogP contribution in [0.5, 0.6) is 0 Å². The van der Waals surface area contributed by atoms with E-state index < -0.39 is 0 Å². The van der Waals surface area contributed by atoms with Gasteiger partial charge in [-0.25, -0.2) is 4.98 Å². The molecule has 2 rings (SSSR count). The molecule has 0 radical (unpaired) electrons. The van der Waals surface area contributed by atoms with Gasteiger partial charge >= 0.3 is 0 Å². The van der Waals surface area contributed by atoms with E-state index in [1.54, 1.807) is 24.2 Å². The molecule has 17 heavy (non-hydrogen) atoms. The highest BCUT2D eigenvalue weighted by Crippen LogP contribution is 2.26. The topological polar surface area (TPSA) is 49.8 Å². The molecule has 0 atom stereocenters. The molecule has 2 aromatic rings. The minimum atomic E-state index is 0.735. The Kier molecular flexibility index (Phi) is 3.82. The second-order valence-electron chi connectivity index (χ2n) is 3.36. The maximum absolute atomic E-state index is 4.37. The number of aromatic nitrogens is 2. The van der Waals surface area contributed by atoms with Crippen molar-refractivity contribution in [2.75, 3.05) is 23.9 Å². The molecule has 1 aromatic heterocycles. The smallest absolute Gasteiger partial charge is 0.151 e. The number of hydrogen-bond acceptors (Lipinski definition) is 5. The van der Waals surface area contributed by atoms with Crippen LogP contribution in [0, 0.1) is 0 Å². The van der Waals surface area contributed by atoms with Crippen LogP contribution in [0.4, 0.5) is 17.3 Å². The summed E-state index contributed by atoms with van der Waals surface area (Å²) < 4.78 is 0. The Balaban J connectivity index is 2.24. The van der Waals surface area contributed by atoms with Crippen LogP contribution in [-0.2, 0) is 0 Å². The first-order valence-electron chi connectivity index (χ1n) is 5.23. The molecule has 0 aliphatic heterocycles. The quantitative estimate of drug-likeness (QED) is 0.812. The third-order valence-electron chi connectivity index (χ3n) is 2.26. The largest absolute Gasteiger partial charge is 0.372 e. The molecule has 0 aliphatic rings. The fourth-order valence-corrected chi connectivity index (χ4v) is 1.99. The van der Waals surface area contributed by atoms with Gasteiger partial charge in [-0.3, -0.25) is 4.98 Å². The second kappa shape index (κ2) is 5.54. The number of thioether (sulfide) groups is 1. The highest BCUT2D eigenvalue weighted by molar-refractivity contribution is 7.98. The van der Waals surface area contributed by atoms with Gasteiger partial charge in [-0.05, 0) is 18.4 Å². The molecule has 4 nitrogen and oxygen atoms in total. The normalized spacial score (nSPS) is 10.0. The van der Waals surface area contributed by atoms with Crippen molar-refractivity contribution in [3.63, 3.8) is 0 Å². The van der Waals surface area contributed by atoms with Crippen molar-refractivity contribution in [1.82, 2.24) is 9.97 Å². The minimum Gasteiger partial charge on any atom is -0.372 e. The minimum absolute atomic E-state index is 0.735. The molecule has 0 fully saturated rings. The molecule has 0 unspecified atom stereocenters. The number of rotatable bonds is 4. The van der Waals surface area contributed by atoms with E-state index in [1.807, 2.05) is 25.2 Å². The first kappa shape index (κ1) is 11.7. The lowest BCUT2D eigenvalue weighted by molar-refractivity contribution is 1.18. The van der Waals surface area contributed by atoms with Crippen molar-refractivity contribution in [3.05, 3.63) is 36.7 Å². The predicted molar refractivity (Wildman–Crippen MR) is 73.1 cm³/mol. The van der Waals surface area contributed by atoms with Crippen LogP contribution in [0.2, 0.25) is 0 Å². The van der Waals surface area contributed by atoms with Gasteiger partial charge in [0, 0.05) is 11.9 Å². The van der Waals surface area contributed by atoms with Crippen molar-refractivity contribution in [2.45, 2.75) is 4.90 Å². The maximum atomic E-state index is 4.37. The fourth-order valence-electron chi connectivity index (χ4n) is 1.43. The molecule has 1 heterocycles. The summed E-state index contributed by atoms with van der Waals surface area (Å²) in [5.74, 6) is 1.48. The highest BCUT2D eigenvalue weighted by Gasteiger charge is 2.02. The molecule has 0 bridgehead atoms. The van der Waals surface area contributed by atoms with Gasteiger partial charge in [-0.15, -0.1) is 11.8 Å². The Hall–Kier alpha value is -1.75. The second-order valence-corrected chi connectivity index (χ2v) is 4.21. The summed E-state index contributed by atoms with van der Waals surface area (Å²) in [5.41, 5.74) is 1.04. The molecule has 1 aromatic carbocycles. The molecular weight excluding hydrogens is 232 g/mol. The van der Waals surface area contributed by atoms with Crippen molar-refractivity contribution in [2.24, 2.45) is 0 Å². The van der Waals surface area contributed by atoms with E-state index in [-0.39, 0.29) is 0 Å². The lowest BCUT2D eigenvalue weighted by Crippen LogP contribution is -1.99. The van der Waals surface area contributed by atoms with Gasteiger partial charge in [-0.1, -0.05) is 12.1 Å². The Morgan fingerprint density at radius 3 is 2.65 bits per heavy atom. The average molecular weight is 246 g/mol. The summed E-state index contributed by atoms with van der Waals surface area (Å²) in [6.45, 7) is 0. The maximum Gasteiger partial charge on any atom is 0.151 e. The van der Waals surface area contributed by atoms with E-state index in [0.717, 1.165) is 17.3 Å². The van der Waals surface area contributed by atoms with Gasteiger partial charge in [0.2, 0.25) is 0 Å². The van der Waals surface area contributed by atoms with Crippen LogP contribution in [0.15, 0.2) is 41.6 Å². The van der Waals surface area contributed by atoms with Crippen LogP contribution in [-0.4, -0.2) is 23.3 Å². The number of para-hydroxylation sites is 1. The fraction of sp³-hybridized carbons (Fsp3) is 0.167. The first-order valence-corrected chi connectivity index (χ1v) is 6.46. The van der Waals surface area contributed by atoms with E-state index in [0.29, 0.717) is 0 Å². The molecular formula is C12H14N4S. The van der Waals surface area contributed by atoms with Crippen LogP contribution >= 0.6 is 11.8 Å². The third-order valence-corrected chi connectivity index (χ3v) is 3.06. The Bertz CT molecular complexity index is 501. The van der Waals surface area contributed by atoms with Gasteiger partial charge in [0.25, 0.3) is 0 Å². The summed E-state index contributed by atoms with van der Waals surface area (Å²) in [5, 5.41) is 6.23. The summed E-state index contributed by atoms with van der Waals surface area (Å²) in [4.78, 5) is 9.67. The summed E-state index contributed by atoms with van der Waals surface area (Å²) in [7, 11) is 1.82. The average Bonchev–Trinajstić information content (AvgIpc) is 2.39. The monoisotopic (exact) mass is 246 g/mol. The standard InChI is InChI=1S/C12H14N4S/c1-13-11-7-14-8-12(16-11)15-9-5-3-4-6-10(9)17-2/h3-8H,1-2H3,(H2,13,15,16). The Labute approximate surface area is 105 Å². The molecule has 0 aliphatic carbocycles. The summed E-state index contributed by atoms with van der Waals surface area (Å²) in [6, 6.07) is 8.12. The van der Waals surface area contributed by atoms with E-state index in [9.17, 15) is 0 Å². The van der Waals surface area contributed by atoms with Gasteiger partial charge in [0.15, 0.2) is 5.82 Å². The SMILES string of the molecule is CNc1cncc(Nc2ccccc2SC)n1. The predicted octanol–water partition coefficient (Wildman–Crippen LogP) is 2.98. The van der Waals surface area contributed by atoms with Crippen LogP contribution in [0.3, 0.4) is 0 Å². The van der Waals surface area contributed by atoms with Crippen LogP contribution in [0.25, 0.3) is 0 Å². The summed E-state index contributed by atoms with van der Waals surface area (Å²) >= 11 is 1.70. The number of anilines is 3. The van der Waals surface area contributed by atoms with Gasteiger partial charge < -0.3 is 10.6 Å². The van der Waals surface area contributed by atoms with Crippen molar-refractivity contribution >= 4 is 29.1 Å². The molecule has 0 saturated carbocycles. The molecule has 0 spiro atoms. The Morgan fingerprint density at radius 1 is 1.12 bits per heavy atom. The molecule has 0 amide bonds. The van der Waals surface area contributed by atoms with Crippen molar-refractivity contribution in [3.8, 4) is 0 Å². The van der Waals surface area contributed by atoms with Gasteiger partial charge in [-0.2, -0.15) is 0 Å². The number of hydrogen-bond donors (Lipinski definition) is 2. The van der Waals surface area contributed by atoms with Gasteiger partial charge in [0.05, 0.1) is 18.1 Å². The van der Waals surface area contributed by atoms with Crippen LogP contribution in [0.1, 0.15) is 0 Å². The summed E-state index contributed by atoms with van der Waals surface area (Å²) in [6.07, 6.45) is 5.44. The van der Waals surface area contributed by atoms with E-state index in [1.165, 1.54) is 4.90 Å². The van der Waals surface area contributed by atoms with Gasteiger partial charge in [0.1, 0.15) is 5.82 Å². The number of nitrogens with one attached hydrogen (secondary N) is 2. The molecule has 2 N–H and O–H groups in total. The molecule has 0 saturated heterocycles. The highest BCUT2D eigenvalue weighted by atomic mass is 32.2. The number of nitrogens with zero attached hydrogens (tertiary/aromatic N) is 2. The zero-order chi connectivity index (χ0) is 12.1. The van der Waals surface area contributed by atoms with E-state index >= 15 is 0 Å². The lowest BCUT2D eigenvalue weighted by atomic mass is 10.3. The van der Waals surface area contributed by atoms with Crippen molar-refractivity contribution in [1.29, 1.82) is 0 Å². The van der Waals surface area contributed by atoms with Crippen LogP contribution < -0.4 is 10.6 Å². The number of benzene rings is 1. The van der Waals surface area contributed by atoms with E-state index in [2.05, 4.69) is 32.9 Å². The lowest BCUT2D eigenvalue weighted by Gasteiger charge is -2.09. The third kappa shape index (κ3) is 2.88. The van der Waals surface area contributed by atoms with E-state index in [4.69, 9.17) is 0 Å². The van der Waals surface area contributed by atoms with Crippen molar-refractivity contribution < 1.29 is 0 Å². The zero-order valence-corrected chi connectivity index (χ0v) is 10.6. The zero-order valence-electron chi connectivity index (χ0n) is 9.77. The molecule has 5 heteroatoms. The molecule has 88 valence electrons. The Morgan fingerprint density at radius 2 is 1.88 bits per heavy atom.